The fourth-order valence-electron chi connectivity index (χ4n) is 2.39. The molecule has 1 rings (SSSR count). The van der Waals surface area contributed by atoms with Crippen LogP contribution in [0, 0.1) is 5.92 Å². The molecular weight excluding hydrogens is 200 g/mol. The van der Waals surface area contributed by atoms with Crippen molar-refractivity contribution in [3.05, 3.63) is 0 Å². The zero-order valence-corrected chi connectivity index (χ0v) is 11.3. The zero-order valence-electron chi connectivity index (χ0n) is 11.3. The molecule has 1 aliphatic heterocycles. The molecule has 0 aromatic heterocycles. The van der Waals surface area contributed by atoms with E-state index in [1.807, 2.05) is 0 Å². The second-order valence-corrected chi connectivity index (χ2v) is 5.18. The van der Waals surface area contributed by atoms with Gasteiger partial charge in [0.2, 0.25) is 0 Å². The van der Waals surface area contributed by atoms with Crippen LogP contribution < -0.4 is 0 Å². The van der Waals surface area contributed by atoms with Gasteiger partial charge in [-0.15, -0.1) is 0 Å². The van der Waals surface area contributed by atoms with Gasteiger partial charge in [-0.05, 0) is 6.42 Å². The molecule has 2 nitrogen and oxygen atoms in total. The summed E-state index contributed by atoms with van der Waals surface area (Å²) in [4.78, 5) is 0. The van der Waals surface area contributed by atoms with Crippen molar-refractivity contribution in [3.8, 4) is 0 Å². The van der Waals surface area contributed by atoms with Gasteiger partial charge >= 0.3 is 0 Å². The Morgan fingerprint density at radius 1 is 0.938 bits per heavy atom. The van der Waals surface area contributed by atoms with E-state index in [4.69, 9.17) is 9.47 Å². The molecule has 96 valence electrons. The van der Waals surface area contributed by atoms with Crippen molar-refractivity contribution < 1.29 is 9.47 Å². The van der Waals surface area contributed by atoms with Crippen LogP contribution in [0.25, 0.3) is 0 Å². The Morgan fingerprint density at radius 2 is 1.50 bits per heavy atom. The first-order valence-corrected chi connectivity index (χ1v) is 6.99. The first-order chi connectivity index (χ1) is 7.71. The fraction of sp³-hybridized carbons (Fsp3) is 1.00. The van der Waals surface area contributed by atoms with Gasteiger partial charge in [-0.25, -0.2) is 0 Å². The van der Waals surface area contributed by atoms with Gasteiger partial charge in [0.15, 0.2) is 5.79 Å². The molecule has 1 heterocycles. The van der Waals surface area contributed by atoms with Crippen LogP contribution in [0.15, 0.2) is 0 Å². The molecule has 0 spiro atoms. The minimum absolute atomic E-state index is 0.259. The number of rotatable bonds is 8. The molecule has 0 aromatic carbocycles. The first kappa shape index (κ1) is 14.0. The molecule has 2 heteroatoms. The van der Waals surface area contributed by atoms with Gasteiger partial charge < -0.3 is 9.47 Å². The summed E-state index contributed by atoms with van der Waals surface area (Å²) in [5.74, 6) is 0.204. The summed E-state index contributed by atoms with van der Waals surface area (Å²) in [6.07, 6.45) is 9.07. The SMILES string of the molecule is CCCCCCCCC1(C(C)C)OCCO1. The van der Waals surface area contributed by atoms with Crippen LogP contribution >= 0.6 is 0 Å². The number of hydrogen-bond donors (Lipinski definition) is 0. The van der Waals surface area contributed by atoms with Crippen LogP contribution in [-0.4, -0.2) is 19.0 Å². The van der Waals surface area contributed by atoms with Gasteiger partial charge in [0.25, 0.3) is 0 Å². The largest absolute Gasteiger partial charge is 0.347 e. The van der Waals surface area contributed by atoms with Gasteiger partial charge in [-0.3, -0.25) is 0 Å². The minimum atomic E-state index is -0.259. The van der Waals surface area contributed by atoms with Gasteiger partial charge in [0.05, 0.1) is 13.2 Å². The van der Waals surface area contributed by atoms with Gasteiger partial charge in [0, 0.05) is 12.3 Å². The smallest absolute Gasteiger partial charge is 0.170 e. The second-order valence-electron chi connectivity index (χ2n) is 5.18. The molecule has 16 heavy (non-hydrogen) atoms. The van der Waals surface area contributed by atoms with E-state index < -0.39 is 0 Å². The van der Waals surface area contributed by atoms with Crippen LogP contribution in [-0.2, 0) is 9.47 Å². The quantitative estimate of drug-likeness (QED) is 0.581. The number of hydrogen-bond acceptors (Lipinski definition) is 2. The van der Waals surface area contributed by atoms with Crippen molar-refractivity contribution in [2.24, 2.45) is 5.92 Å². The molecule has 0 aliphatic carbocycles. The lowest BCUT2D eigenvalue weighted by Crippen LogP contribution is -2.36. The monoisotopic (exact) mass is 228 g/mol. The molecule has 0 atom stereocenters. The van der Waals surface area contributed by atoms with E-state index in [2.05, 4.69) is 20.8 Å². The third-order valence-corrected chi connectivity index (χ3v) is 3.53. The molecule has 0 unspecified atom stereocenters. The fourth-order valence-corrected chi connectivity index (χ4v) is 2.39. The van der Waals surface area contributed by atoms with Gasteiger partial charge in [-0.2, -0.15) is 0 Å². The predicted octanol–water partition coefficient (Wildman–Crippen LogP) is 4.14. The Bertz CT molecular complexity index is 172. The van der Waals surface area contributed by atoms with E-state index >= 15 is 0 Å². The molecule has 1 aliphatic rings. The predicted molar refractivity (Wildman–Crippen MR) is 67.5 cm³/mol. The minimum Gasteiger partial charge on any atom is -0.347 e. The molecule has 0 saturated carbocycles. The topological polar surface area (TPSA) is 18.5 Å². The summed E-state index contributed by atoms with van der Waals surface area (Å²) in [6.45, 7) is 8.20. The Labute approximate surface area is 101 Å². The van der Waals surface area contributed by atoms with E-state index in [-0.39, 0.29) is 5.79 Å². The Hall–Kier alpha value is -0.0800. The first-order valence-electron chi connectivity index (χ1n) is 6.99. The molecule has 0 N–H and O–H groups in total. The highest BCUT2D eigenvalue weighted by molar-refractivity contribution is 4.77. The highest BCUT2D eigenvalue weighted by atomic mass is 16.7. The molecule has 0 amide bonds. The Balaban J connectivity index is 2.14. The maximum Gasteiger partial charge on any atom is 0.170 e. The van der Waals surface area contributed by atoms with Crippen molar-refractivity contribution in [3.63, 3.8) is 0 Å². The van der Waals surface area contributed by atoms with E-state index in [0.29, 0.717) is 5.92 Å². The van der Waals surface area contributed by atoms with Crippen LogP contribution in [0.5, 0.6) is 0 Å². The van der Waals surface area contributed by atoms with Crippen LogP contribution in [0.2, 0.25) is 0 Å². The number of ether oxygens (including phenoxy) is 2. The summed E-state index contributed by atoms with van der Waals surface area (Å²) < 4.78 is 11.6. The van der Waals surface area contributed by atoms with E-state index in [9.17, 15) is 0 Å². The summed E-state index contributed by atoms with van der Waals surface area (Å²) in [5.41, 5.74) is 0. The molecule has 0 radical (unpaired) electrons. The average molecular weight is 228 g/mol. The van der Waals surface area contributed by atoms with Crippen molar-refractivity contribution in [1.29, 1.82) is 0 Å². The lowest BCUT2D eigenvalue weighted by molar-refractivity contribution is -0.193. The van der Waals surface area contributed by atoms with E-state index in [0.717, 1.165) is 19.6 Å². The lowest BCUT2D eigenvalue weighted by atomic mass is 9.96. The van der Waals surface area contributed by atoms with Crippen LogP contribution in [0.3, 0.4) is 0 Å². The van der Waals surface area contributed by atoms with Gasteiger partial charge in [-0.1, -0.05) is 52.9 Å². The second kappa shape index (κ2) is 7.29. The van der Waals surface area contributed by atoms with Crippen molar-refractivity contribution in [2.45, 2.75) is 71.5 Å². The average Bonchev–Trinajstić information content (AvgIpc) is 2.73. The Morgan fingerprint density at radius 3 is 2.06 bits per heavy atom. The third-order valence-electron chi connectivity index (χ3n) is 3.53. The van der Waals surface area contributed by atoms with E-state index in [1.54, 1.807) is 0 Å². The molecule has 1 fully saturated rings. The highest BCUT2D eigenvalue weighted by Gasteiger charge is 2.38. The number of unbranched alkanes of at least 4 members (excludes halogenated alkanes) is 5. The molecule has 1 saturated heterocycles. The van der Waals surface area contributed by atoms with E-state index in [1.165, 1.54) is 38.5 Å². The highest BCUT2D eigenvalue weighted by Crippen LogP contribution is 2.33. The normalized spacial score (nSPS) is 19.5. The summed E-state index contributed by atoms with van der Waals surface area (Å²) in [6, 6.07) is 0. The summed E-state index contributed by atoms with van der Waals surface area (Å²) >= 11 is 0. The molecule has 0 bridgehead atoms. The summed E-state index contributed by atoms with van der Waals surface area (Å²) in [7, 11) is 0. The summed E-state index contributed by atoms with van der Waals surface area (Å²) in [5, 5.41) is 0. The van der Waals surface area contributed by atoms with Gasteiger partial charge in [0.1, 0.15) is 0 Å². The maximum absolute atomic E-state index is 5.81. The maximum atomic E-state index is 5.81. The van der Waals surface area contributed by atoms with Crippen molar-refractivity contribution >= 4 is 0 Å². The van der Waals surface area contributed by atoms with Crippen molar-refractivity contribution in [1.82, 2.24) is 0 Å². The van der Waals surface area contributed by atoms with Crippen molar-refractivity contribution in [2.75, 3.05) is 13.2 Å². The molecule has 0 aromatic rings. The standard InChI is InChI=1S/C14H28O2/c1-4-5-6-7-8-9-10-14(13(2)3)15-11-12-16-14/h13H,4-12H2,1-3H3. The van der Waals surface area contributed by atoms with Crippen LogP contribution in [0.1, 0.15) is 65.7 Å². The molecular formula is C14H28O2. The lowest BCUT2D eigenvalue weighted by Gasteiger charge is -2.31. The third kappa shape index (κ3) is 4.06. The van der Waals surface area contributed by atoms with Crippen LogP contribution in [0.4, 0.5) is 0 Å². The zero-order chi connectivity index (χ0) is 11.9. The Kier molecular flexibility index (Phi) is 6.37.